The maximum absolute atomic E-state index is 13.0. The molecule has 0 unspecified atom stereocenters. The molecule has 0 saturated heterocycles. The number of carbonyl (C=O) groups is 2. The van der Waals surface area contributed by atoms with Gasteiger partial charge in [0.15, 0.2) is 12.3 Å². The highest BCUT2D eigenvalue weighted by molar-refractivity contribution is 5.98. The van der Waals surface area contributed by atoms with Crippen molar-refractivity contribution in [3.63, 3.8) is 0 Å². The molecule has 11 nitrogen and oxygen atoms in total. The number of unbranched alkanes of at least 4 members (excludes halogenated alkanes) is 1. The van der Waals surface area contributed by atoms with Gasteiger partial charge in [-0.2, -0.15) is 0 Å². The number of anilines is 2. The molecule has 0 spiro atoms. The number of benzene rings is 1. The lowest BCUT2D eigenvalue weighted by Gasteiger charge is -2.24. The third-order valence-electron chi connectivity index (χ3n) is 5.28. The fraction of sp³-hybridized carbons (Fsp3) is 0.360. The molecule has 192 valence electrons. The molecule has 36 heavy (non-hydrogen) atoms. The highest BCUT2D eigenvalue weighted by atomic mass is 16.6. The number of hydrogen-bond acceptors (Lipinski definition) is 8. The molecule has 3 N–H and O–H groups in total. The van der Waals surface area contributed by atoms with E-state index in [9.17, 15) is 19.2 Å². The lowest BCUT2D eigenvalue weighted by Crippen LogP contribution is -2.43. The summed E-state index contributed by atoms with van der Waals surface area (Å²) in [7, 11) is 0. The van der Waals surface area contributed by atoms with Gasteiger partial charge < -0.3 is 24.5 Å². The normalized spacial score (nSPS) is 10.7. The molecule has 0 atom stereocenters. The Labute approximate surface area is 207 Å². The third kappa shape index (κ3) is 6.44. The van der Waals surface area contributed by atoms with Gasteiger partial charge in [0.1, 0.15) is 23.9 Å². The van der Waals surface area contributed by atoms with Crippen LogP contribution >= 0.6 is 0 Å². The summed E-state index contributed by atoms with van der Waals surface area (Å²) in [5.74, 6) is -0.661. The average molecular weight is 499 g/mol. The maximum Gasteiger partial charge on any atom is 0.374 e. The summed E-state index contributed by atoms with van der Waals surface area (Å²) in [6.45, 7) is 3.66. The molecule has 1 amide bonds. The van der Waals surface area contributed by atoms with Gasteiger partial charge in [-0.15, -0.1) is 0 Å². The molecular formula is C25H30N4O7. The first-order chi connectivity index (χ1) is 17.3. The predicted molar refractivity (Wildman–Crippen MR) is 133 cm³/mol. The summed E-state index contributed by atoms with van der Waals surface area (Å²) < 4.78 is 17.4. The summed E-state index contributed by atoms with van der Waals surface area (Å²) in [4.78, 5) is 53.6. The quantitative estimate of drug-likeness (QED) is 0.362. The molecule has 1 aromatic carbocycles. The van der Waals surface area contributed by atoms with Crippen LogP contribution < -0.4 is 26.6 Å². The van der Waals surface area contributed by atoms with Gasteiger partial charge >= 0.3 is 11.7 Å². The number of para-hydroxylation sites is 1. The van der Waals surface area contributed by atoms with Crippen molar-refractivity contribution in [3.8, 4) is 5.75 Å². The first-order valence-corrected chi connectivity index (χ1v) is 11.7. The van der Waals surface area contributed by atoms with E-state index in [2.05, 4.69) is 4.98 Å². The van der Waals surface area contributed by atoms with Crippen molar-refractivity contribution in [1.29, 1.82) is 0 Å². The predicted octanol–water partition coefficient (Wildman–Crippen LogP) is 2.69. The van der Waals surface area contributed by atoms with E-state index in [0.717, 1.165) is 11.3 Å². The van der Waals surface area contributed by atoms with Gasteiger partial charge in [-0.1, -0.05) is 38.5 Å². The minimum absolute atomic E-state index is 0.0940. The van der Waals surface area contributed by atoms with Gasteiger partial charge in [0.05, 0.1) is 0 Å². The minimum atomic E-state index is -0.845. The third-order valence-corrected chi connectivity index (χ3v) is 5.28. The summed E-state index contributed by atoms with van der Waals surface area (Å²) in [5.41, 5.74) is 4.54. The molecule has 0 aliphatic carbocycles. The van der Waals surface area contributed by atoms with Crippen LogP contribution in [0.15, 0.2) is 56.5 Å². The Balaban J connectivity index is 1.69. The first-order valence-electron chi connectivity index (χ1n) is 11.7. The Morgan fingerprint density at radius 1 is 1.08 bits per heavy atom. The second-order valence-electron chi connectivity index (χ2n) is 7.99. The van der Waals surface area contributed by atoms with Crippen molar-refractivity contribution in [2.75, 3.05) is 23.8 Å². The van der Waals surface area contributed by atoms with E-state index in [-0.39, 0.29) is 37.0 Å². The second-order valence-corrected chi connectivity index (χ2v) is 7.99. The first kappa shape index (κ1) is 26.3. The Kier molecular flexibility index (Phi) is 9.09. The standard InChI is InChI=1S/C25H30N4O7/c1-3-5-14-28(21-22(26)29(13-4-2)25(33)27-23(21)31)20(30)16-35-24(32)19-12-11-18(36-19)15-34-17-9-7-6-8-10-17/h6-12H,3-5,13-16,26H2,1-2H3,(H,27,31,33). The van der Waals surface area contributed by atoms with Gasteiger partial charge in [-0.25, -0.2) is 9.59 Å². The van der Waals surface area contributed by atoms with Crippen molar-refractivity contribution in [2.45, 2.75) is 46.3 Å². The molecule has 0 aliphatic rings. The minimum Gasteiger partial charge on any atom is -0.486 e. The van der Waals surface area contributed by atoms with Gasteiger partial charge in [-0.05, 0) is 37.1 Å². The molecular weight excluding hydrogens is 468 g/mol. The second kappa shape index (κ2) is 12.4. The molecule has 0 bridgehead atoms. The molecule has 2 aromatic heterocycles. The molecule has 3 aromatic rings. The highest BCUT2D eigenvalue weighted by Crippen LogP contribution is 2.19. The number of nitrogens with one attached hydrogen (secondary N) is 1. The summed E-state index contributed by atoms with van der Waals surface area (Å²) in [6, 6.07) is 12.1. The number of amides is 1. The number of rotatable bonds is 12. The highest BCUT2D eigenvalue weighted by Gasteiger charge is 2.25. The number of ether oxygens (including phenoxy) is 2. The van der Waals surface area contributed by atoms with E-state index in [0.29, 0.717) is 24.4 Å². The molecule has 2 heterocycles. The van der Waals surface area contributed by atoms with Gasteiger partial charge in [-0.3, -0.25) is 19.1 Å². The Morgan fingerprint density at radius 2 is 1.83 bits per heavy atom. The molecule has 3 rings (SSSR count). The maximum atomic E-state index is 13.0. The topological polar surface area (TPSA) is 150 Å². The Bertz CT molecular complexity index is 1290. The van der Waals surface area contributed by atoms with Gasteiger partial charge in [0.2, 0.25) is 5.76 Å². The summed E-state index contributed by atoms with van der Waals surface area (Å²) in [5, 5.41) is 0. The van der Waals surface area contributed by atoms with Crippen LogP contribution in [0.4, 0.5) is 11.5 Å². The van der Waals surface area contributed by atoms with Crippen molar-refractivity contribution in [3.05, 3.63) is 74.8 Å². The molecule has 11 heteroatoms. The number of H-pyrrole nitrogens is 1. The lowest BCUT2D eigenvalue weighted by atomic mass is 10.2. The van der Waals surface area contributed by atoms with Crippen LogP contribution in [0, 0.1) is 0 Å². The van der Waals surface area contributed by atoms with Crippen molar-refractivity contribution in [2.24, 2.45) is 0 Å². The number of carbonyl (C=O) groups excluding carboxylic acids is 2. The summed E-state index contributed by atoms with van der Waals surface area (Å²) in [6.07, 6.45) is 1.89. The number of hydrogen-bond donors (Lipinski definition) is 2. The van der Waals surface area contributed by atoms with Crippen LogP contribution in [0.2, 0.25) is 0 Å². The number of nitrogens with two attached hydrogens (primary N) is 1. The fourth-order valence-electron chi connectivity index (χ4n) is 3.47. The van der Waals surface area contributed by atoms with E-state index < -0.39 is 29.7 Å². The van der Waals surface area contributed by atoms with Crippen LogP contribution in [0.3, 0.4) is 0 Å². The number of esters is 1. The van der Waals surface area contributed by atoms with E-state index in [1.807, 2.05) is 32.0 Å². The Hall–Kier alpha value is -4.28. The number of aromatic amines is 1. The van der Waals surface area contributed by atoms with Crippen LogP contribution in [-0.4, -0.2) is 34.6 Å². The van der Waals surface area contributed by atoms with Gasteiger partial charge in [0.25, 0.3) is 11.5 Å². The fourth-order valence-corrected chi connectivity index (χ4v) is 3.47. The number of nitrogen functional groups attached to an aromatic ring is 1. The van der Waals surface area contributed by atoms with Crippen LogP contribution in [0.1, 0.15) is 49.4 Å². The van der Waals surface area contributed by atoms with Crippen LogP contribution in [-0.2, 0) is 22.7 Å². The average Bonchev–Trinajstić information content (AvgIpc) is 3.35. The van der Waals surface area contributed by atoms with E-state index >= 15 is 0 Å². The summed E-state index contributed by atoms with van der Waals surface area (Å²) >= 11 is 0. The van der Waals surface area contributed by atoms with Crippen molar-refractivity contribution < 1.29 is 23.5 Å². The van der Waals surface area contributed by atoms with Crippen molar-refractivity contribution >= 4 is 23.4 Å². The molecule has 0 fully saturated rings. The zero-order valence-electron chi connectivity index (χ0n) is 20.3. The van der Waals surface area contributed by atoms with Crippen LogP contribution in [0.5, 0.6) is 5.75 Å². The number of aromatic nitrogens is 2. The van der Waals surface area contributed by atoms with E-state index in [1.165, 1.54) is 10.6 Å². The molecule has 0 aliphatic heterocycles. The zero-order chi connectivity index (χ0) is 26.1. The number of nitrogens with zero attached hydrogens (tertiary/aromatic N) is 2. The molecule has 0 radical (unpaired) electrons. The SMILES string of the molecule is CCCCN(C(=O)COC(=O)c1ccc(COc2ccccc2)o1)c1c(N)n(CCC)c(=O)[nH]c1=O. The van der Waals surface area contributed by atoms with Crippen molar-refractivity contribution in [1.82, 2.24) is 9.55 Å². The number of furan rings is 1. The monoisotopic (exact) mass is 498 g/mol. The van der Waals surface area contributed by atoms with E-state index in [4.69, 9.17) is 19.6 Å². The zero-order valence-corrected chi connectivity index (χ0v) is 20.3. The largest absolute Gasteiger partial charge is 0.486 e. The van der Waals surface area contributed by atoms with Gasteiger partial charge in [0, 0.05) is 13.1 Å². The lowest BCUT2D eigenvalue weighted by molar-refractivity contribution is -0.121. The smallest absolute Gasteiger partial charge is 0.374 e. The van der Waals surface area contributed by atoms with E-state index in [1.54, 1.807) is 18.2 Å². The van der Waals surface area contributed by atoms with Crippen LogP contribution in [0.25, 0.3) is 0 Å². The Morgan fingerprint density at radius 3 is 2.53 bits per heavy atom. The molecule has 0 saturated carbocycles.